The molecule has 0 spiro atoms. The third-order valence-corrected chi connectivity index (χ3v) is 4.86. The van der Waals surface area contributed by atoms with Gasteiger partial charge in [0.2, 0.25) is 0 Å². The first-order valence-electron chi connectivity index (χ1n) is 7.73. The Morgan fingerprint density at radius 1 is 1.22 bits per heavy atom. The molecule has 0 aromatic carbocycles. The fourth-order valence-corrected chi connectivity index (χ4v) is 3.88. The van der Waals surface area contributed by atoms with E-state index in [9.17, 15) is 0 Å². The van der Waals surface area contributed by atoms with E-state index in [4.69, 9.17) is 10.5 Å². The first kappa shape index (κ1) is 14.3. The Balaban J connectivity index is 1.86. The Morgan fingerprint density at radius 3 is 2.78 bits per heavy atom. The van der Waals surface area contributed by atoms with Crippen LogP contribution in [0, 0.1) is 11.8 Å². The summed E-state index contributed by atoms with van der Waals surface area (Å²) in [5.74, 6) is 1.65. The molecule has 0 radical (unpaired) electrons. The van der Waals surface area contributed by atoms with Gasteiger partial charge in [0.25, 0.3) is 0 Å². The zero-order valence-electron chi connectivity index (χ0n) is 12.1. The summed E-state index contributed by atoms with van der Waals surface area (Å²) in [6.07, 6.45) is 7.89. The smallest absolute Gasteiger partial charge is 0.0503 e. The summed E-state index contributed by atoms with van der Waals surface area (Å²) < 4.78 is 5.29. The Morgan fingerprint density at radius 2 is 2.06 bits per heavy atom. The van der Waals surface area contributed by atoms with Crippen molar-refractivity contribution in [2.75, 3.05) is 26.8 Å². The number of likely N-dealkylation sites (tertiary alicyclic amines) is 1. The van der Waals surface area contributed by atoms with Crippen LogP contribution in [-0.2, 0) is 4.74 Å². The van der Waals surface area contributed by atoms with Gasteiger partial charge in [-0.15, -0.1) is 0 Å². The summed E-state index contributed by atoms with van der Waals surface area (Å²) >= 11 is 0. The monoisotopic (exact) mass is 254 g/mol. The number of methoxy groups -OCH3 is 1. The van der Waals surface area contributed by atoms with Crippen LogP contribution in [0.4, 0.5) is 0 Å². The van der Waals surface area contributed by atoms with E-state index < -0.39 is 0 Å². The molecular weight excluding hydrogens is 224 g/mol. The first-order valence-corrected chi connectivity index (χ1v) is 7.73. The van der Waals surface area contributed by atoms with Gasteiger partial charge in [-0.2, -0.15) is 0 Å². The number of nitrogens with zero attached hydrogens (tertiary/aromatic N) is 1. The molecule has 1 aliphatic heterocycles. The Kier molecular flexibility index (Phi) is 5.46. The number of nitrogens with two attached hydrogens (primary N) is 1. The van der Waals surface area contributed by atoms with E-state index >= 15 is 0 Å². The predicted molar refractivity (Wildman–Crippen MR) is 75.6 cm³/mol. The number of hydrogen-bond acceptors (Lipinski definition) is 3. The molecule has 2 fully saturated rings. The van der Waals surface area contributed by atoms with Gasteiger partial charge in [-0.25, -0.2) is 0 Å². The maximum absolute atomic E-state index is 6.36. The van der Waals surface area contributed by atoms with Crippen LogP contribution < -0.4 is 5.73 Å². The molecule has 2 N–H and O–H groups in total. The fourth-order valence-electron chi connectivity index (χ4n) is 3.88. The second-order valence-electron chi connectivity index (χ2n) is 6.30. The van der Waals surface area contributed by atoms with Crippen LogP contribution in [0.1, 0.15) is 45.4 Å². The highest BCUT2D eigenvalue weighted by atomic mass is 16.5. The molecule has 18 heavy (non-hydrogen) atoms. The van der Waals surface area contributed by atoms with Gasteiger partial charge in [-0.1, -0.05) is 19.8 Å². The maximum Gasteiger partial charge on any atom is 0.0503 e. The summed E-state index contributed by atoms with van der Waals surface area (Å²) in [7, 11) is 1.81. The minimum absolute atomic E-state index is 0.402. The van der Waals surface area contributed by atoms with E-state index in [1.807, 2.05) is 7.11 Å². The Bertz CT molecular complexity index is 247. The number of ether oxygens (including phenoxy) is 1. The molecule has 1 saturated heterocycles. The van der Waals surface area contributed by atoms with Crippen LogP contribution in [0.25, 0.3) is 0 Å². The van der Waals surface area contributed by atoms with E-state index in [-0.39, 0.29) is 0 Å². The third-order valence-electron chi connectivity index (χ3n) is 4.86. The highest BCUT2D eigenvalue weighted by Crippen LogP contribution is 2.32. The predicted octanol–water partition coefficient (Wildman–Crippen LogP) is 2.25. The molecule has 1 saturated carbocycles. The quantitative estimate of drug-likeness (QED) is 0.818. The number of hydrogen-bond donors (Lipinski definition) is 1. The summed E-state index contributed by atoms with van der Waals surface area (Å²) in [4.78, 5) is 2.65. The molecule has 106 valence electrons. The van der Waals surface area contributed by atoms with Crippen LogP contribution in [0.5, 0.6) is 0 Å². The van der Waals surface area contributed by atoms with Crippen molar-refractivity contribution in [3.8, 4) is 0 Å². The summed E-state index contributed by atoms with van der Waals surface area (Å²) in [5, 5.41) is 0. The van der Waals surface area contributed by atoms with Crippen molar-refractivity contribution in [2.45, 2.75) is 57.5 Å². The Labute approximate surface area is 112 Å². The lowest BCUT2D eigenvalue weighted by Crippen LogP contribution is -2.50. The zero-order chi connectivity index (χ0) is 13.0. The van der Waals surface area contributed by atoms with Crippen LogP contribution >= 0.6 is 0 Å². The molecule has 0 amide bonds. The molecule has 2 rings (SSSR count). The average molecular weight is 254 g/mol. The van der Waals surface area contributed by atoms with Crippen molar-refractivity contribution in [1.82, 2.24) is 4.90 Å². The highest BCUT2D eigenvalue weighted by Gasteiger charge is 2.35. The topological polar surface area (TPSA) is 38.5 Å². The molecule has 4 unspecified atom stereocenters. The van der Waals surface area contributed by atoms with Crippen LogP contribution in [-0.4, -0.2) is 43.8 Å². The number of rotatable bonds is 5. The lowest BCUT2D eigenvalue weighted by molar-refractivity contribution is 0.113. The lowest BCUT2D eigenvalue weighted by Gasteiger charge is -2.39. The van der Waals surface area contributed by atoms with Gasteiger partial charge in [0.15, 0.2) is 0 Å². The van der Waals surface area contributed by atoms with E-state index in [2.05, 4.69) is 11.8 Å². The van der Waals surface area contributed by atoms with Crippen molar-refractivity contribution in [3.63, 3.8) is 0 Å². The summed E-state index contributed by atoms with van der Waals surface area (Å²) in [6, 6.07) is 1.04. The van der Waals surface area contributed by atoms with E-state index in [1.165, 1.54) is 51.6 Å². The van der Waals surface area contributed by atoms with Gasteiger partial charge >= 0.3 is 0 Å². The summed E-state index contributed by atoms with van der Waals surface area (Å²) in [6.45, 7) is 5.64. The molecule has 0 aromatic rings. The average Bonchev–Trinajstić information content (AvgIpc) is 2.81. The SMILES string of the molecule is CCCC1CCC(N)C(N2CCC(COC)C2)C1. The Hall–Kier alpha value is -0.120. The van der Waals surface area contributed by atoms with E-state index in [0.29, 0.717) is 12.1 Å². The first-order chi connectivity index (χ1) is 8.74. The molecule has 3 heteroatoms. The van der Waals surface area contributed by atoms with Gasteiger partial charge in [0.05, 0.1) is 6.61 Å². The minimum atomic E-state index is 0.402. The molecule has 1 heterocycles. The second-order valence-corrected chi connectivity index (χ2v) is 6.30. The van der Waals surface area contributed by atoms with Crippen LogP contribution in [0.2, 0.25) is 0 Å². The van der Waals surface area contributed by atoms with Crippen molar-refractivity contribution < 1.29 is 4.74 Å². The van der Waals surface area contributed by atoms with E-state index in [1.54, 1.807) is 0 Å². The van der Waals surface area contributed by atoms with Crippen LogP contribution in [0.3, 0.4) is 0 Å². The van der Waals surface area contributed by atoms with Gasteiger partial charge in [-0.3, -0.25) is 4.90 Å². The van der Waals surface area contributed by atoms with Gasteiger partial charge in [0.1, 0.15) is 0 Å². The van der Waals surface area contributed by atoms with Crippen LogP contribution in [0.15, 0.2) is 0 Å². The molecular formula is C15H30N2O. The van der Waals surface area contributed by atoms with Crippen molar-refractivity contribution >= 4 is 0 Å². The molecule has 0 aromatic heterocycles. The lowest BCUT2D eigenvalue weighted by atomic mass is 9.80. The zero-order valence-corrected chi connectivity index (χ0v) is 12.1. The maximum atomic E-state index is 6.36. The van der Waals surface area contributed by atoms with Crippen molar-refractivity contribution in [3.05, 3.63) is 0 Å². The molecule has 3 nitrogen and oxygen atoms in total. The standard InChI is InChI=1S/C15H30N2O/c1-3-4-12-5-6-14(16)15(9-12)17-8-7-13(10-17)11-18-2/h12-15H,3-11,16H2,1-2H3. The molecule has 2 aliphatic rings. The second kappa shape index (κ2) is 6.88. The van der Waals surface area contributed by atoms with Crippen molar-refractivity contribution in [2.24, 2.45) is 17.6 Å². The molecule has 4 atom stereocenters. The minimum Gasteiger partial charge on any atom is -0.384 e. The van der Waals surface area contributed by atoms with Gasteiger partial charge in [-0.05, 0) is 44.1 Å². The summed E-state index contributed by atoms with van der Waals surface area (Å²) in [5.41, 5.74) is 6.36. The van der Waals surface area contributed by atoms with Gasteiger partial charge in [0, 0.05) is 25.7 Å². The molecule has 0 bridgehead atoms. The largest absolute Gasteiger partial charge is 0.384 e. The van der Waals surface area contributed by atoms with Crippen molar-refractivity contribution in [1.29, 1.82) is 0 Å². The highest BCUT2D eigenvalue weighted by molar-refractivity contribution is 4.92. The fraction of sp³-hybridized carbons (Fsp3) is 1.00. The molecule has 1 aliphatic carbocycles. The third kappa shape index (κ3) is 3.46. The van der Waals surface area contributed by atoms with E-state index in [0.717, 1.165) is 18.4 Å². The van der Waals surface area contributed by atoms with Gasteiger partial charge < -0.3 is 10.5 Å². The normalized spacial score (nSPS) is 38.2.